The average Bonchev–Trinajstić information content (AvgIpc) is 2.87. The zero-order valence-corrected chi connectivity index (χ0v) is 12.3. The maximum absolute atomic E-state index is 6.29. The zero-order chi connectivity index (χ0) is 14.5. The highest BCUT2D eigenvalue weighted by atomic mass is 16.5. The lowest BCUT2D eigenvalue weighted by Crippen LogP contribution is -2.17. The molecule has 1 unspecified atom stereocenters. The summed E-state index contributed by atoms with van der Waals surface area (Å²) in [6.07, 6.45) is 3.30. The number of rotatable bonds is 6. The molecule has 1 aromatic heterocycles. The fourth-order valence-corrected chi connectivity index (χ4v) is 2.23. The summed E-state index contributed by atoms with van der Waals surface area (Å²) in [7, 11) is 1.68. The minimum Gasteiger partial charge on any atom is -0.496 e. The molecule has 2 N–H and O–H groups in total. The summed E-state index contributed by atoms with van der Waals surface area (Å²) in [6.45, 7) is 5.02. The van der Waals surface area contributed by atoms with Crippen LogP contribution in [0, 0.1) is 6.92 Å². The van der Waals surface area contributed by atoms with Gasteiger partial charge in [-0.1, -0.05) is 19.1 Å². The third-order valence-corrected chi connectivity index (χ3v) is 3.39. The fourth-order valence-electron chi connectivity index (χ4n) is 2.23. The Balaban J connectivity index is 2.15. The lowest BCUT2D eigenvalue weighted by molar-refractivity contribution is 0.410. The van der Waals surface area contributed by atoms with Crippen LogP contribution in [0.3, 0.4) is 0 Å². The van der Waals surface area contributed by atoms with Gasteiger partial charge in [-0.2, -0.15) is 5.10 Å². The molecule has 0 aliphatic rings. The number of hydrogen-bond acceptors (Lipinski definition) is 4. The third-order valence-electron chi connectivity index (χ3n) is 3.39. The highest BCUT2D eigenvalue weighted by Crippen LogP contribution is 2.23. The third kappa shape index (κ3) is 3.17. The molecule has 0 amide bonds. The number of hydrogen-bond donors (Lipinski definition) is 1. The van der Waals surface area contributed by atoms with Crippen molar-refractivity contribution in [3.8, 4) is 5.75 Å². The molecule has 20 heavy (non-hydrogen) atoms. The molecule has 5 nitrogen and oxygen atoms in total. The van der Waals surface area contributed by atoms with Crippen LogP contribution in [-0.2, 0) is 13.0 Å². The SMILES string of the molecule is CCCn1ncnc1CC(N)c1ccc(C)c(OC)c1. The number of nitrogens with zero attached hydrogens (tertiary/aromatic N) is 3. The first-order valence-corrected chi connectivity index (χ1v) is 6.92. The minimum atomic E-state index is -0.107. The molecule has 0 bridgehead atoms. The van der Waals surface area contributed by atoms with Crippen LogP contribution in [0.25, 0.3) is 0 Å². The standard InChI is InChI=1S/C15H22N4O/c1-4-7-19-15(17-10-18-19)9-13(16)12-6-5-11(2)14(8-12)20-3/h5-6,8,10,13H,4,7,9,16H2,1-3H3. The second-order valence-electron chi connectivity index (χ2n) is 4.94. The largest absolute Gasteiger partial charge is 0.496 e. The first kappa shape index (κ1) is 14.5. The van der Waals surface area contributed by atoms with E-state index in [1.54, 1.807) is 13.4 Å². The van der Waals surface area contributed by atoms with Crippen molar-refractivity contribution in [1.29, 1.82) is 0 Å². The van der Waals surface area contributed by atoms with E-state index in [-0.39, 0.29) is 6.04 Å². The number of methoxy groups -OCH3 is 1. The van der Waals surface area contributed by atoms with Crippen LogP contribution in [-0.4, -0.2) is 21.9 Å². The van der Waals surface area contributed by atoms with E-state index >= 15 is 0 Å². The predicted molar refractivity (Wildman–Crippen MR) is 78.7 cm³/mol. The van der Waals surface area contributed by atoms with Crippen molar-refractivity contribution >= 4 is 0 Å². The van der Waals surface area contributed by atoms with Crippen LogP contribution >= 0.6 is 0 Å². The molecule has 1 heterocycles. The van der Waals surface area contributed by atoms with Crippen molar-refractivity contribution in [3.05, 3.63) is 41.5 Å². The summed E-state index contributed by atoms with van der Waals surface area (Å²) in [5, 5.41) is 4.23. The molecular formula is C15H22N4O. The van der Waals surface area contributed by atoms with Crippen molar-refractivity contribution in [1.82, 2.24) is 14.8 Å². The van der Waals surface area contributed by atoms with Crippen molar-refractivity contribution in [2.75, 3.05) is 7.11 Å². The van der Waals surface area contributed by atoms with E-state index in [1.165, 1.54) is 0 Å². The molecule has 1 atom stereocenters. The van der Waals surface area contributed by atoms with Gasteiger partial charge in [-0.25, -0.2) is 4.98 Å². The molecule has 0 radical (unpaired) electrons. The molecule has 5 heteroatoms. The van der Waals surface area contributed by atoms with Gasteiger partial charge in [0.1, 0.15) is 17.9 Å². The minimum absolute atomic E-state index is 0.107. The van der Waals surface area contributed by atoms with Gasteiger partial charge in [0.15, 0.2) is 0 Å². The zero-order valence-electron chi connectivity index (χ0n) is 12.3. The Morgan fingerprint density at radius 1 is 1.40 bits per heavy atom. The summed E-state index contributed by atoms with van der Waals surface area (Å²) in [5.74, 6) is 1.80. The summed E-state index contributed by atoms with van der Waals surface area (Å²) < 4.78 is 7.27. The van der Waals surface area contributed by atoms with E-state index in [9.17, 15) is 0 Å². The Labute approximate surface area is 119 Å². The average molecular weight is 274 g/mol. The molecule has 1 aromatic carbocycles. The number of nitrogens with two attached hydrogens (primary N) is 1. The topological polar surface area (TPSA) is 66.0 Å². The van der Waals surface area contributed by atoms with E-state index in [0.29, 0.717) is 6.42 Å². The van der Waals surface area contributed by atoms with Gasteiger partial charge >= 0.3 is 0 Å². The van der Waals surface area contributed by atoms with Crippen molar-refractivity contribution < 1.29 is 4.74 Å². The highest BCUT2D eigenvalue weighted by molar-refractivity contribution is 5.37. The van der Waals surface area contributed by atoms with Crippen LogP contribution in [0.15, 0.2) is 24.5 Å². The van der Waals surface area contributed by atoms with E-state index in [1.807, 2.05) is 29.8 Å². The van der Waals surface area contributed by atoms with Crippen LogP contribution in [0.4, 0.5) is 0 Å². The molecule has 108 valence electrons. The summed E-state index contributed by atoms with van der Waals surface area (Å²) in [5.41, 5.74) is 8.45. The van der Waals surface area contributed by atoms with Gasteiger partial charge in [-0.3, -0.25) is 4.68 Å². The Morgan fingerprint density at radius 3 is 2.90 bits per heavy atom. The van der Waals surface area contributed by atoms with E-state index in [0.717, 1.165) is 35.7 Å². The lowest BCUT2D eigenvalue weighted by Gasteiger charge is -2.14. The second kappa shape index (κ2) is 6.52. The predicted octanol–water partition coefficient (Wildman–Crippen LogP) is 2.25. The molecule has 2 rings (SSSR count). The summed E-state index contributed by atoms with van der Waals surface area (Å²) >= 11 is 0. The summed E-state index contributed by atoms with van der Waals surface area (Å²) in [4.78, 5) is 4.30. The molecule has 0 aliphatic carbocycles. The van der Waals surface area contributed by atoms with E-state index in [2.05, 4.69) is 17.0 Å². The van der Waals surface area contributed by atoms with Gasteiger partial charge in [0, 0.05) is 19.0 Å². The van der Waals surface area contributed by atoms with Gasteiger partial charge < -0.3 is 10.5 Å². The Hall–Kier alpha value is -1.88. The first-order valence-electron chi connectivity index (χ1n) is 6.92. The number of benzene rings is 1. The lowest BCUT2D eigenvalue weighted by atomic mass is 10.0. The van der Waals surface area contributed by atoms with Crippen molar-refractivity contribution in [2.24, 2.45) is 5.73 Å². The number of ether oxygens (including phenoxy) is 1. The van der Waals surface area contributed by atoms with E-state index < -0.39 is 0 Å². The fraction of sp³-hybridized carbons (Fsp3) is 0.467. The van der Waals surface area contributed by atoms with Crippen LogP contribution in [0.5, 0.6) is 5.75 Å². The van der Waals surface area contributed by atoms with Gasteiger partial charge in [-0.05, 0) is 30.5 Å². The smallest absolute Gasteiger partial charge is 0.138 e. The normalized spacial score (nSPS) is 12.4. The van der Waals surface area contributed by atoms with Crippen molar-refractivity contribution in [3.63, 3.8) is 0 Å². The van der Waals surface area contributed by atoms with Gasteiger partial charge in [0.05, 0.1) is 7.11 Å². The summed E-state index contributed by atoms with van der Waals surface area (Å²) in [6, 6.07) is 5.97. The van der Waals surface area contributed by atoms with Crippen LogP contribution in [0.1, 0.15) is 36.3 Å². The van der Waals surface area contributed by atoms with Crippen LogP contribution in [0.2, 0.25) is 0 Å². The molecule has 2 aromatic rings. The van der Waals surface area contributed by atoms with Gasteiger partial charge in [0.2, 0.25) is 0 Å². The highest BCUT2D eigenvalue weighted by Gasteiger charge is 2.13. The Bertz CT molecular complexity index is 565. The van der Waals surface area contributed by atoms with Gasteiger partial charge in [-0.15, -0.1) is 0 Å². The molecule has 0 fully saturated rings. The molecular weight excluding hydrogens is 252 g/mol. The Morgan fingerprint density at radius 2 is 2.20 bits per heavy atom. The Kier molecular flexibility index (Phi) is 4.74. The molecule has 0 saturated heterocycles. The maximum atomic E-state index is 6.29. The quantitative estimate of drug-likeness (QED) is 0.877. The first-order chi connectivity index (χ1) is 9.65. The number of aromatic nitrogens is 3. The monoisotopic (exact) mass is 274 g/mol. The van der Waals surface area contributed by atoms with Gasteiger partial charge in [0.25, 0.3) is 0 Å². The van der Waals surface area contributed by atoms with Crippen LogP contribution < -0.4 is 10.5 Å². The van der Waals surface area contributed by atoms with Crippen molar-refractivity contribution in [2.45, 2.75) is 39.3 Å². The molecule has 0 aliphatic heterocycles. The maximum Gasteiger partial charge on any atom is 0.138 e. The molecule has 0 saturated carbocycles. The van der Waals surface area contributed by atoms with E-state index in [4.69, 9.17) is 10.5 Å². The molecule has 0 spiro atoms. The second-order valence-corrected chi connectivity index (χ2v) is 4.94. The number of aryl methyl sites for hydroxylation is 2.